The number of carbonyl (C=O) groups excluding carboxylic acids is 3. The van der Waals surface area contributed by atoms with Crippen molar-refractivity contribution in [3.05, 3.63) is 24.3 Å². The Hall–Kier alpha value is -2.90. The van der Waals surface area contributed by atoms with Gasteiger partial charge in [-0.25, -0.2) is 4.79 Å². The molecule has 0 heterocycles. The SMILES string of the molecule is CC(=O)Nc1ccc(NC(=O)NC(=O)CCC(=O)O)cc1. The molecule has 0 radical (unpaired) electrons. The van der Waals surface area contributed by atoms with Crippen molar-refractivity contribution in [2.24, 2.45) is 0 Å². The van der Waals surface area contributed by atoms with Crippen LogP contribution in [0.4, 0.5) is 16.2 Å². The highest BCUT2D eigenvalue weighted by Gasteiger charge is 2.09. The van der Waals surface area contributed by atoms with Gasteiger partial charge in [-0.3, -0.25) is 19.7 Å². The summed E-state index contributed by atoms with van der Waals surface area (Å²) in [6.07, 6.45) is -0.616. The number of carboxylic acid groups (broad SMARTS) is 1. The number of carboxylic acids is 1. The van der Waals surface area contributed by atoms with Crippen LogP contribution in [0.15, 0.2) is 24.3 Å². The van der Waals surface area contributed by atoms with Crippen LogP contribution in [0.25, 0.3) is 0 Å². The van der Waals surface area contributed by atoms with Gasteiger partial charge in [0.15, 0.2) is 0 Å². The Kier molecular flexibility index (Phi) is 5.87. The van der Waals surface area contributed by atoms with Gasteiger partial charge in [0.25, 0.3) is 0 Å². The molecule has 0 saturated carbocycles. The van der Waals surface area contributed by atoms with Gasteiger partial charge in [0, 0.05) is 24.7 Å². The lowest BCUT2D eigenvalue weighted by Gasteiger charge is -2.07. The second kappa shape index (κ2) is 7.63. The van der Waals surface area contributed by atoms with E-state index >= 15 is 0 Å². The van der Waals surface area contributed by atoms with Crippen LogP contribution in [-0.2, 0) is 14.4 Å². The van der Waals surface area contributed by atoms with Crippen LogP contribution in [-0.4, -0.2) is 28.9 Å². The molecular formula is C13H15N3O5. The first-order valence-electron chi connectivity index (χ1n) is 6.07. The van der Waals surface area contributed by atoms with Gasteiger partial charge < -0.3 is 15.7 Å². The van der Waals surface area contributed by atoms with Gasteiger partial charge in [0.2, 0.25) is 11.8 Å². The van der Waals surface area contributed by atoms with E-state index in [-0.39, 0.29) is 18.7 Å². The van der Waals surface area contributed by atoms with Crippen LogP contribution in [0.2, 0.25) is 0 Å². The Bertz CT molecular complexity index is 553. The van der Waals surface area contributed by atoms with E-state index in [9.17, 15) is 19.2 Å². The molecule has 0 atom stereocenters. The molecule has 0 spiro atoms. The van der Waals surface area contributed by atoms with E-state index in [0.29, 0.717) is 11.4 Å². The van der Waals surface area contributed by atoms with Crippen LogP contribution < -0.4 is 16.0 Å². The third-order valence-corrected chi connectivity index (χ3v) is 2.28. The third kappa shape index (κ3) is 6.71. The quantitative estimate of drug-likeness (QED) is 0.648. The van der Waals surface area contributed by atoms with Crippen LogP contribution in [0.1, 0.15) is 19.8 Å². The standard InChI is InChI=1S/C13H15N3O5/c1-8(17)14-9-2-4-10(5-3-9)15-13(21)16-11(18)6-7-12(19)20/h2-5H,6-7H2,1H3,(H,14,17)(H,19,20)(H2,15,16,18,21). The lowest BCUT2D eigenvalue weighted by atomic mass is 10.3. The van der Waals surface area contributed by atoms with E-state index < -0.39 is 17.9 Å². The minimum atomic E-state index is -1.11. The number of amides is 4. The normalized spacial score (nSPS) is 9.57. The van der Waals surface area contributed by atoms with Crippen molar-refractivity contribution in [1.29, 1.82) is 0 Å². The first kappa shape index (κ1) is 16.2. The Morgan fingerprint density at radius 2 is 1.48 bits per heavy atom. The number of carbonyl (C=O) groups is 4. The van der Waals surface area contributed by atoms with Gasteiger partial charge in [-0.15, -0.1) is 0 Å². The molecule has 112 valence electrons. The number of hydrogen-bond acceptors (Lipinski definition) is 4. The van der Waals surface area contributed by atoms with E-state index in [1.54, 1.807) is 24.3 Å². The second-order valence-electron chi connectivity index (χ2n) is 4.15. The molecule has 4 N–H and O–H groups in total. The van der Waals surface area contributed by atoms with Crippen LogP contribution >= 0.6 is 0 Å². The maximum atomic E-state index is 11.5. The van der Waals surface area contributed by atoms with Crippen molar-refractivity contribution in [1.82, 2.24) is 5.32 Å². The minimum Gasteiger partial charge on any atom is -0.481 e. The molecule has 0 saturated heterocycles. The fourth-order valence-electron chi connectivity index (χ4n) is 1.41. The van der Waals surface area contributed by atoms with Crippen molar-refractivity contribution < 1.29 is 24.3 Å². The molecule has 0 aliphatic carbocycles. The molecule has 0 fully saturated rings. The summed E-state index contributed by atoms with van der Waals surface area (Å²) in [5, 5.41) is 15.4. The highest BCUT2D eigenvalue weighted by molar-refractivity contribution is 6.01. The number of anilines is 2. The third-order valence-electron chi connectivity index (χ3n) is 2.28. The highest BCUT2D eigenvalue weighted by Crippen LogP contribution is 2.13. The molecule has 0 aliphatic rings. The molecule has 1 aromatic carbocycles. The van der Waals surface area contributed by atoms with Gasteiger partial charge in [0.1, 0.15) is 0 Å². The number of nitrogens with one attached hydrogen (secondary N) is 3. The van der Waals surface area contributed by atoms with Crippen molar-refractivity contribution in [3.8, 4) is 0 Å². The van der Waals surface area contributed by atoms with Crippen LogP contribution in [0, 0.1) is 0 Å². The summed E-state index contributed by atoms with van der Waals surface area (Å²) in [5.74, 6) is -2.00. The summed E-state index contributed by atoms with van der Waals surface area (Å²) >= 11 is 0. The Labute approximate surface area is 120 Å². The largest absolute Gasteiger partial charge is 0.481 e. The summed E-state index contributed by atoms with van der Waals surface area (Å²) in [6.45, 7) is 1.38. The maximum Gasteiger partial charge on any atom is 0.325 e. The molecule has 0 aromatic heterocycles. The minimum absolute atomic E-state index is 0.211. The Morgan fingerprint density at radius 1 is 0.952 bits per heavy atom. The molecule has 1 aromatic rings. The second-order valence-corrected chi connectivity index (χ2v) is 4.15. The number of hydrogen-bond donors (Lipinski definition) is 4. The average molecular weight is 293 g/mol. The van der Waals surface area contributed by atoms with Crippen molar-refractivity contribution in [2.75, 3.05) is 10.6 Å². The van der Waals surface area contributed by atoms with Gasteiger partial charge in [-0.1, -0.05) is 0 Å². The molecule has 0 aliphatic heterocycles. The predicted octanol–water partition coefficient (Wildman–Crippen LogP) is 1.16. The Morgan fingerprint density at radius 3 is 1.95 bits per heavy atom. The lowest BCUT2D eigenvalue weighted by Crippen LogP contribution is -2.34. The van der Waals surface area contributed by atoms with E-state index in [0.717, 1.165) is 0 Å². The monoisotopic (exact) mass is 293 g/mol. The number of benzene rings is 1. The summed E-state index contributed by atoms with van der Waals surface area (Å²) < 4.78 is 0. The summed E-state index contributed by atoms with van der Waals surface area (Å²) in [5.41, 5.74) is 0.999. The number of urea groups is 1. The van der Waals surface area contributed by atoms with Gasteiger partial charge in [-0.05, 0) is 24.3 Å². The number of imide groups is 1. The molecule has 0 unspecified atom stereocenters. The predicted molar refractivity (Wildman–Crippen MR) is 74.8 cm³/mol. The van der Waals surface area contributed by atoms with Gasteiger partial charge >= 0.3 is 12.0 Å². The Balaban J connectivity index is 2.45. The summed E-state index contributed by atoms with van der Waals surface area (Å²) in [4.78, 5) is 43.8. The van der Waals surface area contributed by atoms with Crippen LogP contribution in [0.5, 0.6) is 0 Å². The van der Waals surface area contributed by atoms with Crippen LogP contribution in [0.3, 0.4) is 0 Å². The molecule has 1 rings (SSSR count). The number of rotatable bonds is 5. The van der Waals surface area contributed by atoms with Gasteiger partial charge in [0.05, 0.1) is 6.42 Å². The zero-order chi connectivity index (χ0) is 15.8. The maximum absolute atomic E-state index is 11.5. The molecule has 8 nitrogen and oxygen atoms in total. The van der Waals surface area contributed by atoms with Crippen molar-refractivity contribution in [2.45, 2.75) is 19.8 Å². The molecule has 4 amide bonds. The fraction of sp³-hybridized carbons (Fsp3) is 0.231. The first-order chi connectivity index (χ1) is 9.86. The smallest absolute Gasteiger partial charge is 0.325 e. The van der Waals surface area contributed by atoms with E-state index in [1.807, 2.05) is 5.32 Å². The molecule has 8 heteroatoms. The number of aliphatic carboxylic acids is 1. The zero-order valence-corrected chi connectivity index (χ0v) is 11.3. The average Bonchev–Trinajstić information content (AvgIpc) is 2.38. The van der Waals surface area contributed by atoms with E-state index in [1.165, 1.54) is 6.92 Å². The molecule has 0 bridgehead atoms. The lowest BCUT2D eigenvalue weighted by molar-refractivity contribution is -0.138. The van der Waals surface area contributed by atoms with Crippen molar-refractivity contribution >= 4 is 35.2 Å². The fourth-order valence-corrected chi connectivity index (χ4v) is 1.41. The van der Waals surface area contributed by atoms with E-state index in [2.05, 4.69) is 10.6 Å². The molecule has 21 heavy (non-hydrogen) atoms. The van der Waals surface area contributed by atoms with Gasteiger partial charge in [-0.2, -0.15) is 0 Å². The summed E-state index contributed by atoms with van der Waals surface area (Å²) in [7, 11) is 0. The first-order valence-corrected chi connectivity index (χ1v) is 6.07. The summed E-state index contributed by atoms with van der Waals surface area (Å²) in [6, 6.07) is 5.52. The topological polar surface area (TPSA) is 125 Å². The van der Waals surface area contributed by atoms with E-state index in [4.69, 9.17) is 5.11 Å². The highest BCUT2D eigenvalue weighted by atomic mass is 16.4. The zero-order valence-electron chi connectivity index (χ0n) is 11.3. The van der Waals surface area contributed by atoms with Crippen molar-refractivity contribution in [3.63, 3.8) is 0 Å². The molecular weight excluding hydrogens is 278 g/mol.